The second-order valence-electron chi connectivity index (χ2n) is 5.97. The van der Waals surface area contributed by atoms with E-state index in [0.717, 1.165) is 13.1 Å². The first-order chi connectivity index (χ1) is 11.3. The third-order valence-corrected chi connectivity index (χ3v) is 4.45. The third kappa shape index (κ3) is 3.76. The minimum absolute atomic E-state index is 0.0318. The highest BCUT2D eigenvalue weighted by molar-refractivity contribution is 5.79. The van der Waals surface area contributed by atoms with Gasteiger partial charge in [0, 0.05) is 6.54 Å². The fourth-order valence-electron chi connectivity index (χ4n) is 3.07. The molecule has 0 radical (unpaired) electrons. The highest BCUT2D eigenvalue weighted by Gasteiger charge is 2.25. The van der Waals surface area contributed by atoms with Crippen molar-refractivity contribution in [2.75, 3.05) is 19.6 Å². The van der Waals surface area contributed by atoms with E-state index >= 15 is 0 Å². The maximum Gasteiger partial charge on any atom is 0.244 e. The molecule has 6 heteroatoms. The third-order valence-electron chi connectivity index (χ3n) is 4.45. The highest BCUT2D eigenvalue weighted by atomic mass is 16.2. The molecule has 1 aliphatic rings. The van der Waals surface area contributed by atoms with Gasteiger partial charge < -0.3 is 5.32 Å². The molecule has 1 amide bonds. The summed E-state index contributed by atoms with van der Waals surface area (Å²) in [4.78, 5) is 18.7. The number of carbonyl (C=O) groups is 1. The van der Waals surface area contributed by atoms with Gasteiger partial charge in [-0.1, -0.05) is 30.3 Å². The molecule has 0 unspecified atom stereocenters. The number of amides is 1. The quantitative estimate of drug-likeness (QED) is 0.883. The number of carbonyl (C=O) groups excluding carboxylic acids is 1. The van der Waals surface area contributed by atoms with Crippen molar-refractivity contribution in [3.8, 4) is 0 Å². The van der Waals surface area contributed by atoms with Gasteiger partial charge in [-0.2, -0.15) is 5.10 Å². The second kappa shape index (κ2) is 7.37. The predicted octanol–water partition coefficient (Wildman–Crippen LogP) is 1.79. The molecule has 2 atom stereocenters. The molecule has 1 fully saturated rings. The summed E-state index contributed by atoms with van der Waals surface area (Å²) in [5, 5.41) is 7.11. The predicted molar refractivity (Wildman–Crippen MR) is 87.7 cm³/mol. The fourth-order valence-corrected chi connectivity index (χ4v) is 3.07. The Morgan fingerprint density at radius 3 is 2.65 bits per heavy atom. The lowest BCUT2D eigenvalue weighted by molar-refractivity contribution is -0.124. The van der Waals surface area contributed by atoms with Crippen molar-refractivity contribution in [1.29, 1.82) is 0 Å². The van der Waals surface area contributed by atoms with Crippen LogP contribution in [0.1, 0.15) is 37.4 Å². The zero-order chi connectivity index (χ0) is 16.1. The Labute approximate surface area is 136 Å². The molecule has 1 N–H and O–H groups in total. The lowest BCUT2D eigenvalue weighted by atomic mass is 10.1. The Balaban J connectivity index is 1.65. The molecule has 122 valence electrons. The molecule has 2 heterocycles. The first kappa shape index (κ1) is 15.7. The molecule has 3 rings (SSSR count). The van der Waals surface area contributed by atoms with Gasteiger partial charge in [-0.3, -0.25) is 9.69 Å². The van der Waals surface area contributed by atoms with Gasteiger partial charge in [0.05, 0.1) is 6.04 Å². The Hall–Kier alpha value is -2.21. The van der Waals surface area contributed by atoms with Crippen LogP contribution >= 0.6 is 0 Å². The SMILES string of the molecule is C[C@H](C(=O)NC[C@@H](c1ccccc1)N1CCCC1)n1cncn1. The normalized spacial score (nSPS) is 17.8. The molecule has 1 saturated heterocycles. The molecule has 1 aromatic heterocycles. The van der Waals surface area contributed by atoms with Gasteiger partial charge in [-0.15, -0.1) is 0 Å². The lowest BCUT2D eigenvalue weighted by Gasteiger charge is -2.28. The average molecular weight is 313 g/mol. The molecule has 0 spiro atoms. The monoisotopic (exact) mass is 313 g/mol. The van der Waals surface area contributed by atoms with E-state index < -0.39 is 0 Å². The molecule has 2 aromatic rings. The standard InChI is InChI=1S/C17H23N5O/c1-14(22-13-18-12-20-22)17(23)19-11-16(21-9-5-6-10-21)15-7-3-2-4-8-15/h2-4,7-8,12-14,16H,5-6,9-11H2,1H3,(H,19,23)/t14-,16+/m1/s1. The van der Waals surface area contributed by atoms with Crippen molar-refractivity contribution in [2.24, 2.45) is 0 Å². The summed E-state index contributed by atoms with van der Waals surface area (Å²) < 4.78 is 1.57. The van der Waals surface area contributed by atoms with E-state index in [2.05, 4.69) is 44.6 Å². The number of hydrogen-bond acceptors (Lipinski definition) is 4. The van der Waals surface area contributed by atoms with E-state index in [4.69, 9.17) is 0 Å². The van der Waals surface area contributed by atoms with Crippen molar-refractivity contribution in [2.45, 2.75) is 31.8 Å². The molecule has 1 aromatic carbocycles. The first-order valence-electron chi connectivity index (χ1n) is 8.16. The van der Waals surface area contributed by atoms with Crippen LogP contribution in [-0.2, 0) is 4.79 Å². The van der Waals surface area contributed by atoms with Crippen molar-refractivity contribution in [3.63, 3.8) is 0 Å². The number of hydrogen-bond donors (Lipinski definition) is 1. The smallest absolute Gasteiger partial charge is 0.244 e. The summed E-state index contributed by atoms with van der Waals surface area (Å²) in [5.41, 5.74) is 1.25. The van der Waals surface area contributed by atoms with Gasteiger partial charge in [0.1, 0.15) is 18.7 Å². The molecular weight excluding hydrogens is 290 g/mol. The molecule has 0 bridgehead atoms. The topological polar surface area (TPSA) is 63.1 Å². The molecule has 0 saturated carbocycles. The van der Waals surface area contributed by atoms with Crippen molar-refractivity contribution in [3.05, 3.63) is 48.5 Å². The maximum absolute atomic E-state index is 12.4. The van der Waals surface area contributed by atoms with Crippen LogP contribution in [0.5, 0.6) is 0 Å². The van der Waals surface area contributed by atoms with Crippen molar-refractivity contribution < 1.29 is 4.79 Å². The van der Waals surface area contributed by atoms with Crippen LogP contribution in [0.4, 0.5) is 0 Å². The molecule has 1 aliphatic heterocycles. The Bertz CT molecular complexity index is 607. The number of likely N-dealkylation sites (tertiary alicyclic amines) is 1. The van der Waals surface area contributed by atoms with Gasteiger partial charge in [-0.25, -0.2) is 9.67 Å². The molecule has 0 aliphatic carbocycles. The van der Waals surface area contributed by atoms with Gasteiger partial charge >= 0.3 is 0 Å². The lowest BCUT2D eigenvalue weighted by Crippen LogP contribution is -2.39. The number of aromatic nitrogens is 3. The Morgan fingerprint density at radius 1 is 1.26 bits per heavy atom. The van der Waals surface area contributed by atoms with Crippen LogP contribution in [-0.4, -0.2) is 45.2 Å². The summed E-state index contributed by atoms with van der Waals surface area (Å²) in [7, 11) is 0. The zero-order valence-electron chi connectivity index (χ0n) is 13.4. The summed E-state index contributed by atoms with van der Waals surface area (Å²) in [6.07, 6.45) is 5.47. The van der Waals surface area contributed by atoms with Crippen molar-refractivity contribution in [1.82, 2.24) is 25.0 Å². The summed E-state index contributed by atoms with van der Waals surface area (Å²) in [6.45, 7) is 4.63. The highest BCUT2D eigenvalue weighted by Crippen LogP contribution is 2.24. The largest absolute Gasteiger partial charge is 0.352 e. The fraction of sp³-hybridized carbons (Fsp3) is 0.471. The van der Waals surface area contributed by atoms with Crippen LogP contribution in [0, 0.1) is 0 Å². The van der Waals surface area contributed by atoms with E-state index in [1.165, 1.54) is 24.7 Å². The average Bonchev–Trinajstić information content (AvgIpc) is 3.29. The number of nitrogens with zero attached hydrogens (tertiary/aromatic N) is 4. The number of rotatable bonds is 6. The van der Waals surface area contributed by atoms with Crippen molar-refractivity contribution >= 4 is 5.91 Å². The molecule has 6 nitrogen and oxygen atoms in total. The first-order valence-corrected chi connectivity index (χ1v) is 8.16. The number of nitrogens with one attached hydrogen (secondary N) is 1. The minimum Gasteiger partial charge on any atom is -0.352 e. The molecular formula is C17H23N5O. The van der Waals surface area contributed by atoms with Crippen LogP contribution in [0.2, 0.25) is 0 Å². The zero-order valence-corrected chi connectivity index (χ0v) is 13.4. The van der Waals surface area contributed by atoms with Gasteiger partial charge in [0.25, 0.3) is 0 Å². The van der Waals surface area contributed by atoms with E-state index in [1.54, 1.807) is 11.0 Å². The summed E-state index contributed by atoms with van der Waals surface area (Å²) in [5.74, 6) is -0.0318. The summed E-state index contributed by atoms with van der Waals surface area (Å²) in [6, 6.07) is 10.3. The van der Waals surface area contributed by atoms with Crippen LogP contribution < -0.4 is 5.32 Å². The van der Waals surface area contributed by atoms with E-state index in [0.29, 0.717) is 6.54 Å². The van der Waals surface area contributed by atoms with Crippen LogP contribution in [0.25, 0.3) is 0 Å². The Morgan fingerprint density at radius 2 is 2.00 bits per heavy atom. The van der Waals surface area contributed by atoms with E-state index in [1.807, 2.05) is 13.0 Å². The van der Waals surface area contributed by atoms with Gasteiger partial charge in [-0.05, 0) is 38.4 Å². The van der Waals surface area contributed by atoms with E-state index in [-0.39, 0.29) is 18.0 Å². The minimum atomic E-state index is -0.354. The van der Waals surface area contributed by atoms with E-state index in [9.17, 15) is 4.79 Å². The Kier molecular flexibility index (Phi) is 5.02. The van der Waals surface area contributed by atoms with Crippen LogP contribution in [0.3, 0.4) is 0 Å². The van der Waals surface area contributed by atoms with Crippen LogP contribution in [0.15, 0.2) is 43.0 Å². The molecule has 23 heavy (non-hydrogen) atoms. The summed E-state index contributed by atoms with van der Waals surface area (Å²) >= 11 is 0. The second-order valence-corrected chi connectivity index (χ2v) is 5.97. The maximum atomic E-state index is 12.4. The van der Waals surface area contributed by atoms with Gasteiger partial charge in [0.15, 0.2) is 0 Å². The van der Waals surface area contributed by atoms with Gasteiger partial charge in [0.2, 0.25) is 5.91 Å². The number of benzene rings is 1.